The van der Waals surface area contributed by atoms with Gasteiger partial charge in [0, 0.05) is 19.3 Å². The second kappa shape index (κ2) is 67.6. The van der Waals surface area contributed by atoms with Crippen molar-refractivity contribution in [2.75, 3.05) is 13.2 Å². The summed E-state index contributed by atoms with van der Waals surface area (Å²) in [6.07, 6.45) is 92.6. The molecule has 0 fully saturated rings. The van der Waals surface area contributed by atoms with Crippen LogP contribution < -0.4 is 0 Å². The van der Waals surface area contributed by atoms with Gasteiger partial charge in [-0.3, -0.25) is 14.4 Å². The van der Waals surface area contributed by atoms with Crippen molar-refractivity contribution in [2.45, 2.75) is 329 Å². The summed E-state index contributed by atoms with van der Waals surface area (Å²) in [6, 6.07) is 0. The van der Waals surface area contributed by atoms with Crippen molar-refractivity contribution in [3.8, 4) is 0 Å². The highest BCUT2D eigenvalue weighted by Crippen LogP contribution is 2.17. The van der Waals surface area contributed by atoms with Crippen LogP contribution in [0, 0.1) is 0 Å². The normalized spacial score (nSPS) is 12.8. The van der Waals surface area contributed by atoms with Crippen LogP contribution in [-0.4, -0.2) is 37.2 Å². The van der Waals surface area contributed by atoms with E-state index in [1.54, 1.807) is 0 Å². The predicted molar refractivity (Wildman–Crippen MR) is 348 cm³/mol. The first-order valence-corrected chi connectivity index (χ1v) is 33.9. The maximum absolute atomic E-state index is 12.9. The number of carbonyl (C=O) groups excluding carboxylic acids is 3. The predicted octanol–water partition coefficient (Wildman–Crippen LogP) is 23.4. The zero-order valence-corrected chi connectivity index (χ0v) is 52.6. The quantitative estimate of drug-likeness (QED) is 0.0261. The lowest BCUT2D eigenvalue weighted by Gasteiger charge is -2.18. The van der Waals surface area contributed by atoms with E-state index in [9.17, 15) is 14.4 Å². The Balaban J connectivity index is 4.20. The van der Waals surface area contributed by atoms with E-state index in [0.29, 0.717) is 19.3 Å². The van der Waals surface area contributed by atoms with Crippen molar-refractivity contribution in [1.29, 1.82) is 0 Å². The summed E-state index contributed by atoms with van der Waals surface area (Å²) in [5.41, 5.74) is 0. The van der Waals surface area contributed by atoms with Crippen LogP contribution in [0.15, 0.2) is 109 Å². The van der Waals surface area contributed by atoms with Gasteiger partial charge >= 0.3 is 17.9 Å². The first-order valence-electron chi connectivity index (χ1n) is 33.9. The molecule has 0 aliphatic heterocycles. The number of rotatable bonds is 61. The molecule has 0 aromatic heterocycles. The van der Waals surface area contributed by atoms with Crippen LogP contribution in [0.5, 0.6) is 0 Å². The summed E-state index contributed by atoms with van der Waals surface area (Å²) >= 11 is 0. The molecule has 0 saturated heterocycles. The standard InChI is InChI=1S/C74H126O6/c1-4-7-10-13-16-19-22-25-27-29-30-31-32-33-34-35-36-37-38-39-40-41-42-43-44-45-47-49-52-55-58-61-64-67-73(76)79-70-71(69-78-72(75)66-63-60-57-54-51-48-24-21-18-15-12-9-6-3)80-74(77)68-65-62-59-56-53-50-46-28-26-23-20-17-14-11-8-5-2/h7,9-10,12,16,18-19,21,25,27,30-31,33-34,36-37,48,51,71H,4-6,8,11,13-15,17,20,22-24,26,28-29,32,35,38-47,49-50,52-70H2,1-3H3/b10-7-,12-9-,19-16-,21-18-,27-25-,31-30-,34-33-,37-36-,51-48-. The molecule has 0 bridgehead atoms. The van der Waals surface area contributed by atoms with Crippen molar-refractivity contribution in [3.05, 3.63) is 109 Å². The highest BCUT2D eigenvalue weighted by atomic mass is 16.6. The van der Waals surface area contributed by atoms with Crippen molar-refractivity contribution in [1.82, 2.24) is 0 Å². The topological polar surface area (TPSA) is 78.9 Å². The third kappa shape index (κ3) is 64.9. The molecule has 0 aliphatic rings. The van der Waals surface area contributed by atoms with E-state index >= 15 is 0 Å². The van der Waals surface area contributed by atoms with E-state index < -0.39 is 6.10 Å². The molecule has 80 heavy (non-hydrogen) atoms. The number of hydrogen-bond acceptors (Lipinski definition) is 6. The summed E-state index contributed by atoms with van der Waals surface area (Å²) < 4.78 is 16.9. The van der Waals surface area contributed by atoms with Crippen molar-refractivity contribution in [2.24, 2.45) is 0 Å². The smallest absolute Gasteiger partial charge is 0.306 e. The van der Waals surface area contributed by atoms with Crippen LogP contribution in [-0.2, 0) is 28.6 Å². The Morgan fingerprint density at radius 1 is 0.263 bits per heavy atom. The van der Waals surface area contributed by atoms with Crippen molar-refractivity contribution in [3.63, 3.8) is 0 Å². The first-order chi connectivity index (χ1) is 39.5. The number of esters is 3. The summed E-state index contributed by atoms with van der Waals surface area (Å²) in [5, 5.41) is 0. The molecule has 0 aromatic carbocycles. The fourth-order valence-electron chi connectivity index (χ4n) is 9.52. The maximum Gasteiger partial charge on any atom is 0.306 e. The van der Waals surface area contributed by atoms with E-state index in [0.717, 1.165) is 122 Å². The number of allylic oxidation sites excluding steroid dienone is 18. The molecule has 6 nitrogen and oxygen atoms in total. The average molecular weight is 1110 g/mol. The van der Waals surface area contributed by atoms with Crippen LogP contribution in [0.4, 0.5) is 0 Å². The van der Waals surface area contributed by atoms with Gasteiger partial charge in [-0.25, -0.2) is 0 Å². The van der Waals surface area contributed by atoms with E-state index in [1.807, 2.05) is 0 Å². The SMILES string of the molecule is CC/C=C\C/C=C\C/C=C\C/C=C\C/C=C\C/C=C\CCCCCCCCCCCCCCCCC(=O)OCC(COC(=O)CCCCC/C=C\C/C=C\C/C=C\CC)OC(=O)CCCCCCCCCCCCCCCCCC. The monoisotopic (exact) mass is 1110 g/mol. The molecule has 0 heterocycles. The van der Waals surface area contributed by atoms with Crippen LogP contribution in [0.3, 0.4) is 0 Å². The van der Waals surface area contributed by atoms with Gasteiger partial charge in [-0.05, 0) is 103 Å². The fraction of sp³-hybridized carbons (Fsp3) is 0.716. The Hall–Kier alpha value is -3.93. The minimum atomic E-state index is -0.789. The van der Waals surface area contributed by atoms with Crippen LogP contribution in [0.2, 0.25) is 0 Å². The lowest BCUT2D eigenvalue weighted by atomic mass is 10.0. The van der Waals surface area contributed by atoms with Gasteiger partial charge in [-0.1, -0.05) is 310 Å². The number of hydrogen-bond donors (Lipinski definition) is 0. The van der Waals surface area contributed by atoms with Gasteiger partial charge in [-0.2, -0.15) is 0 Å². The zero-order valence-electron chi connectivity index (χ0n) is 52.6. The molecule has 0 radical (unpaired) electrons. The van der Waals surface area contributed by atoms with Crippen LogP contribution in [0.25, 0.3) is 0 Å². The second-order valence-electron chi connectivity index (χ2n) is 22.3. The molecule has 458 valence electrons. The highest BCUT2D eigenvalue weighted by molar-refractivity contribution is 5.71. The molecule has 6 heteroatoms. The third-order valence-corrected chi connectivity index (χ3v) is 14.5. The summed E-state index contributed by atoms with van der Waals surface area (Å²) in [5.74, 6) is -0.902. The second-order valence-corrected chi connectivity index (χ2v) is 22.3. The molecule has 0 aliphatic carbocycles. The third-order valence-electron chi connectivity index (χ3n) is 14.5. The summed E-state index contributed by atoms with van der Waals surface area (Å²) in [7, 11) is 0. The Bertz CT molecular complexity index is 1610. The maximum atomic E-state index is 12.9. The largest absolute Gasteiger partial charge is 0.462 e. The minimum Gasteiger partial charge on any atom is -0.462 e. The molecule has 0 saturated carbocycles. The Labute approximate surface area is 495 Å². The number of ether oxygens (including phenoxy) is 3. The van der Waals surface area contributed by atoms with Gasteiger partial charge in [-0.15, -0.1) is 0 Å². The highest BCUT2D eigenvalue weighted by Gasteiger charge is 2.19. The lowest BCUT2D eigenvalue weighted by Crippen LogP contribution is -2.30. The molecular weight excluding hydrogens is 985 g/mol. The van der Waals surface area contributed by atoms with E-state index in [2.05, 4.69) is 130 Å². The van der Waals surface area contributed by atoms with E-state index in [1.165, 1.54) is 161 Å². The van der Waals surface area contributed by atoms with Crippen molar-refractivity contribution < 1.29 is 28.6 Å². The van der Waals surface area contributed by atoms with Gasteiger partial charge in [0.15, 0.2) is 6.10 Å². The Morgan fingerprint density at radius 3 is 0.775 bits per heavy atom. The fourth-order valence-corrected chi connectivity index (χ4v) is 9.52. The van der Waals surface area contributed by atoms with Gasteiger partial charge in [0.1, 0.15) is 13.2 Å². The number of unbranched alkanes of at least 4 members (excludes halogenated alkanes) is 32. The minimum absolute atomic E-state index is 0.0845. The first kappa shape index (κ1) is 76.1. The Morgan fingerprint density at radius 2 is 0.487 bits per heavy atom. The molecule has 0 rings (SSSR count). The van der Waals surface area contributed by atoms with Gasteiger partial charge in [0.25, 0.3) is 0 Å². The summed E-state index contributed by atoms with van der Waals surface area (Å²) in [6.45, 7) is 6.42. The van der Waals surface area contributed by atoms with E-state index in [-0.39, 0.29) is 31.1 Å². The van der Waals surface area contributed by atoms with Crippen LogP contribution in [0.1, 0.15) is 323 Å². The molecule has 0 aromatic rings. The Kier molecular flexibility index (Phi) is 64.3. The molecular formula is C74H126O6. The molecule has 0 amide bonds. The molecule has 1 unspecified atom stereocenters. The molecule has 1 atom stereocenters. The van der Waals surface area contributed by atoms with Crippen molar-refractivity contribution >= 4 is 17.9 Å². The van der Waals surface area contributed by atoms with Gasteiger partial charge < -0.3 is 14.2 Å². The molecule has 0 N–H and O–H groups in total. The number of carbonyl (C=O) groups is 3. The lowest BCUT2D eigenvalue weighted by molar-refractivity contribution is -0.167. The average Bonchev–Trinajstić information content (AvgIpc) is 3.46. The van der Waals surface area contributed by atoms with E-state index in [4.69, 9.17) is 14.2 Å². The zero-order chi connectivity index (χ0) is 57.8. The van der Waals surface area contributed by atoms with Gasteiger partial charge in [0.2, 0.25) is 0 Å². The van der Waals surface area contributed by atoms with Gasteiger partial charge in [0.05, 0.1) is 0 Å². The molecule has 0 spiro atoms. The van der Waals surface area contributed by atoms with Crippen LogP contribution >= 0.6 is 0 Å². The summed E-state index contributed by atoms with van der Waals surface area (Å²) in [4.78, 5) is 38.3.